The van der Waals surface area contributed by atoms with E-state index in [0.717, 1.165) is 38.4 Å². The molecule has 2 aromatic heterocycles. The molecule has 132 valence electrons. The Morgan fingerprint density at radius 1 is 1.25 bits per heavy atom. The number of guanidine groups is 1. The molecule has 0 spiro atoms. The van der Waals surface area contributed by atoms with Crippen molar-refractivity contribution in [2.75, 3.05) is 26.7 Å². The van der Waals surface area contributed by atoms with Gasteiger partial charge in [0.15, 0.2) is 5.96 Å². The highest BCUT2D eigenvalue weighted by atomic mass is 127. The number of aromatic nitrogens is 4. The summed E-state index contributed by atoms with van der Waals surface area (Å²) in [4.78, 5) is 6.76. The van der Waals surface area contributed by atoms with Crippen LogP contribution < -0.4 is 5.32 Å². The average Bonchev–Trinajstić information content (AvgIpc) is 3.25. The minimum atomic E-state index is 0. The number of likely N-dealkylation sites (tertiary alicyclic amines) is 1. The van der Waals surface area contributed by atoms with Crippen LogP contribution in [-0.2, 0) is 20.5 Å². The van der Waals surface area contributed by atoms with Crippen LogP contribution in [0.15, 0.2) is 29.8 Å². The van der Waals surface area contributed by atoms with E-state index in [2.05, 4.69) is 37.8 Å². The zero-order valence-electron chi connectivity index (χ0n) is 14.5. The number of aliphatic imine (C=N–C) groups is 1. The zero-order chi connectivity index (χ0) is 16.2. The summed E-state index contributed by atoms with van der Waals surface area (Å²) in [5, 5.41) is 11.9. The molecule has 3 heterocycles. The van der Waals surface area contributed by atoms with E-state index in [1.54, 1.807) is 0 Å². The SMILES string of the molecule is CN=C(NCCc1cnn(C)c1)N1CCC(c2cnn(C)c2)C1.I. The minimum absolute atomic E-state index is 0. The van der Waals surface area contributed by atoms with Crippen LogP contribution >= 0.6 is 24.0 Å². The molecule has 0 saturated carbocycles. The summed E-state index contributed by atoms with van der Waals surface area (Å²) in [7, 11) is 5.76. The number of nitrogens with one attached hydrogen (secondary N) is 1. The number of aryl methyl sites for hydroxylation is 2. The molecular weight excluding hydrogens is 417 g/mol. The summed E-state index contributed by atoms with van der Waals surface area (Å²) in [6.07, 6.45) is 10.2. The second-order valence-electron chi connectivity index (χ2n) is 6.13. The van der Waals surface area contributed by atoms with Crippen LogP contribution in [0.25, 0.3) is 0 Å². The summed E-state index contributed by atoms with van der Waals surface area (Å²) >= 11 is 0. The van der Waals surface area contributed by atoms with Crippen LogP contribution in [-0.4, -0.2) is 57.1 Å². The molecule has 0 amide bonds. The number of hydrogen-bond acceptors (Lipinski definition) is 3. The molecular formula is C16H26IN7. The van der Waals surface area contributed by atoms with E-state index in [1.807, 2.05) is 42.9 Å². The lowest BCUT2D eigenvalue weighted by Crippen LogP contribution is -2.40. The molecule has 1 N–H and O–H groups in total. The van der Waals surface area contributed by atoms with Gasteiger partial charge in [-0.1, -0.05) is 0 Å². The molecule has 3 rings (SSSR count). The highest BCUT2D eigenvalue weighted by Crippen LogP contribution is 2.26. The summed E-state index contributed by atoms with van der Waals surface area (Å²) in [5.41, 5.74) is 2.56. The Hall–Kier alpha value is -1.58. The maximum Gasteiger partial charge on any atom is 0.193 e. The van der Waals surface area contributed by atoms with Crippen LogP contribution in [0.5, 0.6) is 0 Å². The molecule has 8 heteroatoms. The summed E-state index contributed by atoms with van der Waals surface area (Å²) in [5.74, 6) is 1.53. The summed E-state index contributed by atoms with van der Waals surface area (Å²) in [6.45, 7) is 2.90. The fourth-order valence-corrected chi connectivity index (χ4v) is 3.13. The van der Waals surface area contributed by atoms with Crippen LogP contribution in [0.4, 0.5) is 0 Å². The number of hydrogen-bond donors (Lipinski definition) is 1. The van der Waals surface area contributed by atoms with E-state index in [4.69, 9.17) is 0 Å². The Labute approximate surface area is 160 Å². The normalized spacial score (nSPS) is 17.9. The van der Waals surface area contributed by atoms with Crippen molar-refractivity contribution in [2.24, 2.45) is 19.1 Å². The van der Waals surface area contributed by atoms with Crippen LogP contribution in [0.1, 0.15) is 23.5 Å². The van der Waals surface area contributed by atoms with Gasteiger partial charge in [-0.05, 0) is 24.0 Å². The van der Waals surface area contributed by atoms with Crippen molar-refractivity contribution >= 4 is 29.9 Å². The Bertz CT molecular complexity index is 676. The lowest BCUT2D eigenvalue weighted by atomic mass is 10.0. The van der Waals surface area contributed by atoms with Gasteiger partial charge < -0.3 is 10.2 Å². The average molecular weight is 443 g/mol. The predicted octanol–water partition coefficient (Wildman–Crippen LogP) is 1.38. The molecule has 24 heavy (non-hydrogen) atoms. The number of nitrogens with zero attached hydrogens (tertiary/aromatic N) is 6. The van der Waals surface area contributed by atoms with Crippen molar-refractivity contribution in [1.29, 1.82) is 0 Å². The maximum atomic E-state index is 4.43. The van der Waals surface area contributed by atoms with E-state index < -0.39 is 0 Å². The zero-order valence-corrected chi connectivity index (χ0v) is 16.8. The van der Waals surface area contributed by atoms with Crippen molar-refractivity contribution in [3.05, 3.63) is 35.9 Å². The van der Waals surface area contributed by atoms with Gasteiger partial charge in [0, 0.05) is 59.1 Å². The van der Waals surface area contributed by atoms with Gasteiger partial charge in [-0.25, -0.2) is 0 Å². The molecule has 2 aromatic rings. The largest absolute Gasteiger partial charge is 0.356 e. The predicted molar refractivity (Wildman–Crippen MR) is 106 cm³/mol. The molecule has 1 atom stereocenters. The van der Waals surface area contributed by atoms with Crippen LogP contribution in [0, 0.1) is 0 Å². The van der Waals surface area contributed by atoms with Crippen molar-refractivity contribution < 1.29 is 0 Å². The van der Waals surface area contributed by atoms with E-state index >= 15 is 0 Å². The minimum Gasteiger partial charge on any atom is -0.356 e. The second kappa shape index (κ2) is 8.50. The van der Waals surface area contributed by atoms with Gasteiger partial charge in [0.25, 0.3) is 0 Å². The first-order valence-corrected chi connectivity index (χ1v) is 8.07. The van der Waals surface area contributed by atoms with Gasteiger partial charge in [-0.2, -0.15) is 10.2 Å². The molecule has 1 aliphatic heterocycles. The van der Waals surface area contributed by atoms with E-state index in [9.17, 15) is 0 Å². The molecule has 1 saturated heterocycles. The second-order valence-corrected chi connectivity index (χ2v) is 6.13. The Morgan fingerprint density at radius 3 is 2.62 bits per heavy atom. The molecule has 1 fully saturated rings. The van der Waals surface area contributed by atoms with Gasteiger partial charge >= 0.3 is 0 Å². The van der Waals surface area contributed by atoms with Gasteiger partial charge in [0.2, 0.25) is 0 Å². The first kappa shape index (κ1) is 18.8. The number of rotatable bonds is 4. The molecule has 0 aliphatic carbocycles. The molecule has 7 nitrogen and oxygen atoms in total. The van der Waals surface area contributed by atoms with Crippen molar-refractivity contribution in [3.8, 4) is 0 Å². The first-order chi connectivity index (χ1) is 11.2. The maximum absolute atomic E-state index is 4.43. The Balaban J connectivity index is 0.00000208. The topological polar surface area (TPSA) is 63.3 Å². The molecule has 0 radical (unpaired) electrons. The highest BCUT2D eigenvalue weighted by molar-refractivity contribution is 14.0. The fraction of sp³-hybridized carbons (Fsp3) is 0.562. The van der Waals surface area contributed by atoms with E-state index in [1.165, 1.54) is 11.1 Å². The third kappa shape index (κ3) is 4.49. The molecule has 0 aromatic carbocycles. The lowest BCUT2D eigenvalue weighted by molar-refractivity contribution is 0.486. The summed E-state index contributed by atoms with van der Waals surface area (Å²) < 4.78 is 3.71. The van der Waals surface area contributed by atoms with Gasteiger partial charge in [0.1, 0.15) is 0 Å². The third-order valence-corrected chi connectivity index (χ3v) is 4.35. The van der Waals surface area contributed by atoms with Gasteiger partial charge in [-0.15, -0.1) is 24.0 Å². The third-order valence-electron chi connectivity index (χ3n) is 4.35. The quantitative estimate of drug-likeness (QED) is 0.441. The van der Waals surface area contributed by atoms with Crippen LogP contribution in [0.3, 0.4) is 0 Å². The smallest absolute Gasteiger partial charge is 0.193 e. The Kier molecular flexibility index (Phi) is 6.64. The number of halogens is 1. The monoisotopic (exact) mass is 443 g/mol. The molecule has 0 bridgehead atoms. The van der Waals surface area contributed by atoms with E-state index in [0.29, 0.717) is 5.92 Å². The van der Waals surface area contributed by atoms with Gasteiger partial charge in [-0.3, -0.25) is 14.4 Å². The summed E-state index contributed by atoms with van der Waals surface area (Å²) in [6, 6.07) is 0. The first-order valence-electron chi connectivity index (χ1n) is 8.07. The fourth-order valence-electron chi connectivity index (χ4n) is 3.13. The Morgan fingerprint density at radius 2 is 2.00 bits per heavy atom. The van der Waals surface area contributed by atoms with Crippen LogP contribution in [0.2, 0.25) is 0 Å². The van der Waals surface area contributed by atoms with E-state index in [-0.39, 0.29) is 24.0 Å². The molecule has 1 unspecified atom stereocenters. The highest BCUT2D eigenvalue weighted by Gasteiger charge is 2.26. The van der Waals surface area contributed by atoms with Crippen molar-refractivity contribution in [2.45, 2.75) is 18.8 Å². The van der Waals surface area contributed by atoms with Crippen molar-refractivity contribution in [3.63, 3.8) is 0 Å². The lowest BCUT2D eigenvalue weighted by Gasteiger charge is -2.21. The molecule has 1 aliphatic rings. The standard InChI is InChI=1S/C16H25N7.HI/c1-17-16(18-6-4-13-8-19-21(2)10-13)23-7-5-14(12-23)15-9-20-22(3)11-15;/h8-11,14H,4-7,12H2,1-3H3,(H,17,18);1H. The van der Waals surface area contributed by atoms with Gasteiger partial charge in [0.05, 0.1) is 12.4 Å². The van der Waals surface area contributed by atoms with Crippen molar-refractivity contribution in [1.82, 2.24) is 29.8 Å².